The number of benzene rings is 1. The average Bonchev–Trinajstić information content (AvgIpc) is 2.76. The second-order valence-corrected chi connectivity index (χ2v) is 7.96. The molecule has 0 amide bonds. The van der Waals surface area contributed by atoms with E-state index in [9.17, 15) is 14.5 Å². The summed E-state index contributed by atoms with van der Waals surface area (Å²) in [5.41, 5.74) is 1.68. The lowest BCUT2D eigenvalue weighted by Gasteiger charge is -2.25. The first kappa shape index (κ1) is 15.9. The minimum atomic E-state index is -1.51. The van der Waals surface area contributed by atoms with Crippen LogP contribution in [0.15, 0.2) is 28.7 Å². The van der Waals surface area contributed by atoms with Gasteiger partial charge in [-0.25, -0.2) is 4.79 Å². The molecule has 5 nitrogen and oxygen atoms in total. The number of aliphatic carboxylic acids is 1. The molecule has 0 radical (unpaired) electrons. The molecule has 0 spiro atoms. The Morgan fingerprint density at radius 3 is 2.62 bits per heavy atom. The van der Waals surface area contributed by atoms with Crippen molar-refractivity contribution in [3.8, 4) is 0 Å². The summed E-state index contributed by atoms with van der Waals surface area (Å²) in [4.78, 5) is 11.4. The number of aryl methyl sites for hydroxylation is 1. The van der Waals surface area contributed by atoms with E-state index in [2.05, 4.69) is 4.72 Å². The molecule has 21 heavy (non-hydrogen) atoms. The van der Waals surface area contributed by atoms with Gasteiger partial charge in [0, 0.05) is 16.7 Å². The predicted octanol–water partition coefficient (Wildman–Crippen LogP) is 2.92. The van der Waals surface area contributed by atoms with Crippen LogP contribution in [0.2, 0.25) is 0 Å². The second kappa shape index (κ2) is 5.71. The maximum Gasteiger partial charge on any atom is 0.333 e. The van der Waals surface area contributed by atoms with Crippen molar-refractivity contribution in [1.82, 2.24) is 4.72 Å². The SMILES string of the molecule is Cc1ccc2oc([C@H](N[S+]([O-])C(C)(C)C)C(=O)O)cc2c1. The largest absolute Gasteiger partial charge is 0.598 e. The van der Waals surface area contributed by atoms with E-state index in [1.54, 1.807) is 32.9 Å². The van der Waals surface area contributed by atoms with Gasteiger partial charge < -0.3 is 14.1 Å². The summed E-state index contributed by atoms with van der Waals surface area (Å²) in [5, 5.41) is 10.2. The number of rotatable bonds is 4. The first-order valence-corrected chi connectivity index (χ1v) is 7.74. The van der Waals surface area contributed by atoms with Crippen molar-refractivity contribution < 1.29 is 18.9 Å². The molecule has 0 saturated heterocycles. The lowest BCUT2D eigenvalue weighted by atomic mass is 10.1. The van der Waals surface area contributed by atoms with Gasteiger partial charge in [0.15, 0.2) is 0 Å². The van der Waals surface area contributed by atoms with Crippen molar-refractivity contribution in [3.63, 3.8) is 0 Å². The van der Waals surface area contributed by atoms with Crippen LogP contribution >= 0.6 is 0 Å². The molecule has 2 rings (SSSR count). The van der Waals surface area contributed by atoms with Crippen molar-refractivity contribution in [2.75, 3.05) is 0 Å². The van der Waals surface area contributed by atoms with Crippen molar-refractivity contribution in [2.45, 2.75) is 38.5 Å². The Morgan fingerprint density at radius 1 is 1.38 bits per heavy atom. The number of fused-ring (bicyclic) bond motifs is 1. The Balaban J connectivity index is 2.34. The fourth-order valence-corrected chi connectivity index (χ4v) is 2.62. The van der Waals surface area contributed by atoms with Crippen LogP contribution in [0.5, 0.6) is 0 Å². The number of carboxylic acid groups (broad SMARTS) is 1. The molecule has 0 saturated carbocycles. The second-order valence-electron chi connectivity index (χ2n) is 5.96. The van der Waals surface area contributed by atoms with E-state index >= 15 is 0 Å². The van der Waals surface area contributed by atoms with Gasteiger partial charge in [-0.3, -0.25) is 0 Å². The Labute approximate surface area is 126 Å². The molecule has 6 heteroatoms. The normalized spacial score (nSPS) is 15.1. The van der Waals surface area contributed by atoms with Gasteiger partial charge in [-0.2, -0.15) is 0 Å². The molecule has 1 aromatic heterocycles. The highest BCUT2D eigenvalue weighted by Crippen LogP contribution is 2.27. The van der Waals surface area contributed by atoms with Crippen molar-refractivity contribution in [1.29, 1.82) is 0 Å². The van der Waals surface area contributed by atoms with Crippen LogP contribution in [0.4, 0.5) is 0 Å². The monoisotopic (exact) mass is 309 g/mol. The van der Waals surface area contributed by atoms with Crippen LogP contribution in [0.25, 0.3) is 11.0 Å². The van der Waals surface area contributed by atoms with Gasteiger partial charge in [0.2, 0.25) is 6.04 Å². The number of carboxylic acids is 1. The Kier molecular flexibility index (Phi) is 4.32. The maximum atomic E-state index is 12.1. The molecule has 2 aromatic rings. The molecule has 0 fully saturated rings. The van der Waals surface area contributed by atoms with E-state index in [1.165, 1.54) is 0 Å². The van der Waals surface area contributed by atoms with Crippen LogP contribution < -0.4 is 4.72 Å². The van der Waals surface area contributed by atoms with Gasteiger partial charge in [-0.1, -0.05) is 11.6 Å². The highest BCUT2D eigenvalue weighted by molar-refractivity contribution is 7.90. The summed E-state index contributed by atoms with van der Waals surface area (Å²) in [6.07, 6.45) is 0. The van der Waals surface area contributed by atoms with Crippen LogP contribution in [0.3, 0.4) is 0 Å². The van der Waals surface area contributed by atoms with E-state index in [1.807, 2.05) is 19.1 Å². The summed E-state index contributed by atoms with van der Waals surface area (Å²) >= 11 is -1.51. The van der Waals surface area contributed by atoms with E-state index < -0.39 is 28.1 Å². The molecule has 0 bridgehead atoms. The molecule has 1 aromatic carbocycles. The van der Waals surface area contributed by atoms with Gasteiger partial charge in [-0.05, 0) is 45.9 Å². The van der Waals surface area contributed by atoms with Crippen LogP contribution in [0.1, 0.15) is 38.1 Å². The van der Waals surface area contributed by atoms with Crippen molar-refractivity contribution in [2.24, 2.45) is 0 Å². The highest BCUT2D eigenvalue weighted by atomic mass is 32.2. The fraction of sp³-hybridized carbons (Fsp3) is 0.400. The summed E-state index contributed by atoms with van der Waals surface area (Å²) < 4.78 is 19.8. The van der Waals surface area contributed by atoms with E-state index in [0.29, 0.717) is 5.58 Å². The molecular weight excluding hydrogens is 290 g/mol. The lowest BCUT2D eigenvalue weighted by molar-refractivity contribution is -0.139. The minimum absolute atomic E-state index is 0.251. The van der Waals surface area contributed by atoms with Crippen molar-refractivity contribution >= 4 is 28.3 Å². The van der Waals surface area contributed by atoms with Gasteiger partial charge in [0.1, 0.15) is 16.1 Å². The third kappa shape index (κ3) is 3.58. The van der Waals surface area contributed by atoms with Gasteiger partial charge in [-0.15, -0.1) is 4.72 Å². The van der Waals surface area contributed by atoms with Crippen molar-refractivity contribution in [3.05, 3.63) is 35.6 Å². The maximum absolute atomic E-state index is 12.1. The number of hydrogen-bond donors (Lipinski definition) is 2. The van der Waals surface area contributed by atoms with Gasteiger partial charge in [0.25, 0.3) is 0 Å². The summed E-state index contributed by atoms with van der Waals surface area (Å²) in [6.45, 7) is 7.28. The molecule has 0 aliphatic heterocycles. The summed E-state index contributed by atoms with van der Waals surface area (Å²) in [7, 11) is 0. The smallest absolute Gasteiger partial charge is 0.333 e. The van der Waals surface area contributed by atoms with E-state index in [-0.39, 0.29) is 5.76 Å². The van der Waals surface area contributed by atoms with Crippen LogP contribution in [0, 0.1) is 6.92 Å². The molecule has 0 aliphatic carbocycles. The van der Waals surface area contributed by atoms with Crippen LogP contribution in [-0.2, 0) is 16.2 Å². The summed E-state index contributed by atoms with van der Waals surface area (Å²) in [5.74, 6) is -0.871. The van der Waals surface area contributed by atoms with E-state index in [4.69, 9.17) is 4.42 Å². The first-order chi connectivity index (χ1) is 9.68. The average molecular weight is 309 g/mol. The molecule has 1 unspecified atom stereocenters. The predicted molar refractivity (Wildman–Crippen MR) is 82.4 cm³/mol. The summed E-state index contributed by atoms with van der Waals surface area (Å²) in [6, 6.07) is 6.15. The Bertz CT molecular complexity index is 659. The number of carbonyl (C=O) groups is 1. The standard InChI is InChI=1S/C15H19NO4S/c1-9-5-6-11-10(7-9)8-12(20-11)13(14(17)18)16-21(19)15(2,3)4/h5-8,13,16H,1-4H3,(H,17,18)/t13-,21?/m0/s1. The third-order valence-electron chi connectivity index (χ3n) is 3.00. The lowest BCUT2D eigenvalue weighted by Crippen LogP contribution is -2.43. The third-order valence-corrected chi connectivity index (χ3v) is 4.57. The molecule has 1 heterocycles. The Morgan fingerprint density at radius 2 is 2.05 bits per heavy atom. The Hall–Kier alpha value is -1.50. The van der Waals surface area contributed by atoms with Gasteiger partial charge in [0.05, 0.1) is 0 Å². The molecule has 2 atom stereocenters. The quantitative estimate of drug-likeness (QED) is 0.848. The fourth-order valence-electron chi connectivity index (χ4n) is 1.84. The molecular formula is C15H19NO4S. The van der Waals surface area contributed by atoms with Crippen LogP contribution in [-0.4, -0.2) is 20.4 Å². The number of hydrogen-bond acceptors (Lipinski definition) is 4. The molecule has 2 N–H and O–H groups in total. The number of furan rings is 1. The zero-order valence-corrected chi connectivity index (χ0v) is 13.3. The highest BCUT2D eigenvalue weighted by Gasteiger charge is 2.34. The van der Waals surface area contributed by atoms with E-state index in [0.717, 1.165) is 10.9 Å². The van der Waals surface area contributed by atoms with Gasteiger partial charge >= 0.3 is 5.97 Å². The zero-order chi connectivity index (χ0) is 15.8. The zero-order valence-electron chi connectivity index (χ0n) is 12.5. The molecule has 114 valence electrons. The topological polar surface area (TPSA) is 85.5 Å². The first-order valence-electron chi connectivity index (χ1n) is 6.59. The number of nitrogens with one attached hydrogen (secondary N) is 1. The molecule has 0 aliphatic rings. The minimum Gasteiger partial charge on any atom is -0.598 e.